The molecular formula is C16H16N2O3. The van der Waals surface area contributed by atoms with Gasteiger partial charge in [0.25, 0.3) is 0 Å². The largest absolute Gasteiger partial charge is 0.497 e. The molecule has 0 fully saturated rings. The molecule has 108 valence electrons. The number of aliphatic carboxylic acids is 1. The topological polar surface area (TPSA) is 62.7 Å². The number of carbonyl (C=O) groups is 1. The van der Waals surface area contributed by atoms with E-state index in [0.717, 1.165) is 28.9 Å². The highest BCUT2D eigenvalue weighted by molar-refractivity contribution is 5.85. The zero-order chi connectivity index (χ0) is 15.2. The SMILES string of the molecule is COc1ccc(N(C)c2ccc(/C=C/C(=O)O)cn2)cc1. The Hall–Kier alpha value is -2.82. The third-order valence-electron chi connectivity index (χ3n) is 2.99. The second-order valence-corrected chi connectivity index (χ2v) is 4.38. The number of pyridine rings is 1. The molecule has 0 bridgehead atoms. The van der Waals surface area contributed by atoms with Crippen LogP contribution in [0.1, 0.15) is 5.56 Å². The van der Waals surface area contributed by atoms with Crippen LogP contribution in [0.3, 0.4) is 0 Å². The molecule has 1 aromatic carbocycles. The van der Waals surface area contributed by atoms with Crippen molar-refractivity contribution in [3.63, 3.8) is 0 Å². The summed E-state index contributed by atoms with van der Waals surface area (Å²) in [5, 5.41) is 8.58. The molecule has 1 N–H and O–H groups in total. The minimum atomic E-state index is -0.977. The molecule has 2 rings (SSSR count). The van der Waals surface area contributed by atoms with E-state index < -0.39 is 5.97 Å². The van der Waals surface area contributed by atoms with Gasteiger partial charge in [0.15, 0.2) is 0 Å². The van der Waals surface area contributed by atoms with Gasteiger partial charge in [0, 0.05) is 25.0 Å². The number of methoxy groups -OCH3 is 1. The maximum absolute atomic E-state index is 10.5. The van der Waals surface area contributed by atoms with Crippen LogP contribution in [0.25, 0.3) is 6.08 Å². The third-order valence-corrected chi connectivity index (χ3v) is 2.99. The lowest BCUT2D eigenvalue weighted by molar-refractivity contribution is -0.131. The Balaban J connectivity index is 2.15. The first-order chi connectivity index (χ1) is 10.1. The molecule has 0 aliphatic rings. The Kier molecular flexibility index (Phi) is 4.56. The van der Waals surface area contributed by atoms with E-state index >= 15 is 0 Å². The fraction of sp³-hybridized carbons (Fsp3) is 0.125. The molecule has 21 heavy (non-hydrogen) atoms. The van der Waals surface area contributed by atoms with Gasteiger partial charge in [0.05, 0.1) is 7.11 Å². The molecule has 0 saturated heterocycles. The molecule has 0 aliphatic heterocycles. The van der Waals surface area contributed by atoms with E-state index in [1.165, 1.54) is 6.08 Å². The number of rotatable bonds is 5. The average Bonchev–Trinajstić information content (AvgIpc) is 2.53. The molecule has 0 aliphatic carbocycles. The molecule has 0 radical (unpaired) electrons. The van der Waals surface area contributed by atoms with E-state index in [2.05, 4.69) is 4.98 Å². The van der Waals surface area contributed by atoms with Crippen LogP contribution in [0.5, 0.6) is 5.75 Å². The van der Waals surface area contributed by atoms with Crippen LogP contribution in [0.15, 0.2) is 48.7 Å². The molecule has 1 aromatic heterocycles. The van der Waals surface area contributed by atoms with Crippen LogP contribution in [0.2, 0.25) is 0 Å². The van der Waals surface area contributed by atoms with Crippen molar-refractivity contribution in [2.24, 2.45) is 0 Å². The molecule has 0 saturated carbocycles. The van der Waals surface area contributed by atoms with Crippen LogP contribution in [0, 0.1) is 0 Å². The maximum Gasteiger partial charge on any atom is 0.328 e. The van der Waals surface area contributed by atoms with Crippen molar-refractivity contribution >= 4 is 23.6 Å². The lowest BCUT2D eigenvalue weighted by Crippen LogP contribution is -2.10. The number of nitrogens with zero attached hydrogens (tertiary/aromatic N) is 2. The minimum Gasteiger partial charge on any atom is -0.497 e. The molecule has 0 amide bonds. The monoisotopic (exact) mass is 284 g/mol. The van der Waals surface area contributed by atoms with Gasteiger partial charge in [-0.1, -0.05) is 0 Å². The van der Waals surface area contributed by atoms with Crippen LogP contribution < -0.4 is 9.64 Å². The first kappa shape index (κ1) is 14.6. The summed E-state index contributed by atoms with van der Waals surface area (Å²) in [4.78, 5) is 16.7. The normalized spacial score (nSPS) is 10.6. The van der Waals surface area contributed by atoms with Crippen molar-refractivity contribution < 1.29 is 14.6 Å². The number of carboxylic acid groups (broad SMARTS) is 1. The van der Waals surface area contributed by atoms with E-state index in [1.807, 2.05) is 48.3 Å². The molecule has 5 nitrogen and oxygen atoms in total. The zero-order valence-electron chi connectivity index (χ0n) is 11.9. The Morgan fingerprint density at radius 3 is 2.48 bits per heavy atom. The average molecular weight is 284 g/mol. The highest BCUT2D eigenvalue weighted by Crippen LogP contribution is 2.24. The molecule has 1 heterocycles. The second-order valence-electron chi connectivity index (χ2n) is 4.38. The van der Waals surface area contributed by atoms with E-state index in [-0.39, 0.29) is 0 Å². The van der Waals surface area contributed by atoms with E-state index in [1.54, 1.807) is 13.3 Å². The summed E-state index contributed by atoms with van der Waals surface area (Å²) < 4.78 is 5.13. The number of hydrogen-bond donors (Lipinski definition) is 1. The van der Waals surface area contributed by atoms with Gasteiger partial charge >= 0.3 is 5.97 Å². The summed E-state index contributed by atoms with van der Waals surface area (Å²) in [5.74, 6) is 0.594. The molecule has 0 atom stereocenters. The fourth-order valence-corrected chi connectivity index (χ4v) is 1.80. The summed E-state index contributed by atoms with van der Waals surface area (Å²) in [6, 6.07) is 11.3. The molecular weight excluding hydrogens is 268 g/mol. The van der Waals surface area contributed by atoms with Crippen molar-refractivity contribution in [2.45, 2.75) is 0 Å². The highest BCUT2D eigenvalue weighted by Gasteiger charge is 2.05. The Labute approximate surface area is 123 Å². The molecule has 5 heteroatoms. The number of carboxylic acids is 1. The van der Waals surface area contributed by atoms with Crippen molar-refractivity contribution in [2.75, 3.05) is 19.1 Å². The maximum atomic E-state index is 10.5. The van der Waals surface area contributed by atoms with Crippen LogP contribution in [-0.4, -0.2) is 30.2 Å². The summed E-state index contributed by atoms with van der Waals surface area (Å²) in [6.07, 6.45) is 4.23. The van der Waals surface area contributed by atoms with Gasteiger partial charge in [0.2, 0.25) is 0 Å². The summed E-state index contributed by atoms with van der Waals surface area (Å²) in [6.45, 7) is 0. The standard InChI is InChI=1S/C16H16N2O3/c1-18(13-5-7-14(21-2)8-6-13)15-9-3-12(11-17-15)4-10-16(19)20/h3-11H,1-2H3,(H,19,20)/b10-4+. The predicted molar refractivity (Wildman–Crippen MR) is 82.0 cm³/mol. The van der Waals surface area contributed by atoms with E-state index in [4.69, 9.17) is 9.84 Å². The smallest absolute Gasteiger partial charge is 0.328 e. The Morgan fingerprint density at radius 1 is 1.24 bits per heavy atom. The van der Waals surface area contributed by atoms with Gasteiger partial charge in [-0.25, -0.2) is 9.78 Å². The van der Waals surface area contributed by atoms with Crippen molar-refractivity contribution in [1.82, 2.24) is 4.98 Å². The van der Waals surface area contributed by atoms with Crippen LogP contribution in [-0.2, 0) is 4.79 Å². The molecule has 0 unspecified atom stereocenters. The van der Waals surface area contributed by atoms with Gasteiger partial charge in [-0.2, -0.15) is 0 Å². The first-order valence-electron chi connectivity index (χ1n) is 6.35. The van der Waals surface area contributed by atoms with Gasteiger partial charge < -0.3 is 14.7 Å². The van der Waals surface area contributed by atoms with Crippen molar-refractivity contribution in [1.29, 1.82) is 0 Å². The fourth-order valence-electron chi connectivity index (χ4n) is 1.80. The van der Waals surface area contributed by atoms with Gasteiger partial charge in [-0.15, -0.1) is 0 Å². The number of anilines is 2. The summed E-state index contributed by atoms with van der Waals surface area (Å²) >= 11 is 0. The second kappa shape index (κ2) is 6.56. The quantitative estimate of drug-likeness (QED) is 0.855. The van der Waals surface area contributed by atoms with Crippen molar-refractivity contribution in [3.8, 4) is 5.75 Å². The Morgan fingerprint density at radius 2 is 1.95 bits per heavy atom. The predicted octanol–water partition coefficient (Wildman–Crippen LogP) is 2.96. The van der Waals surface area contributed by atoms with E-state index in [0.29, 0.717) is 0 Å². The number of aromatic nitrogens is 1. The van der Waals surface area contributed by atoms with Gasteiger partial charge in [-0.05, 0) is 48.0 Å². The van der Waals surface area contributed by atoms with Crippen LogP contribution >= 0.6 is 0 Å². The Bertz CT molecular complexity index is 634. The van der Waals surface area contributed by atoms with Gasteiger partial charge in [0.1, 0.15) is 11.6 Å². The zero-order valence-corrected chi connectivity index (χ0v) is 11.9. The molecule has 0 spiro atoms. The summed E-state index contributed by atoms with van der Waals surface area (Å²) in [5.41, 5.74) is 1.72. The first-order valence-corrected chi connectivity index (χ1v) is 6.35. The minimum absolute atomic E-state index is 0.740. The molecule has 2 aromatic rings. The van der Waals surface area contributed by atoms with Crippen LogP contribution in [0.4, 0.5) is 11.5 Å². The van der Waals surface area contributed by atoms with Crippen molar-refractivity contribution in [3.05, 3.63) is 54.2 Å². The third kappa shape index (κ3) is 3.82. The number of benzene rings is 1. The highest BCUT2D eigenvalue weighted by atomic mass is 16.5. The number of hydrogen-bond acceptors (Lipinski definition) is 4. The van der Waals surface area contributed by atoms with Gasteiger partial charge in [-0.3, -0.25) is 0 Å². The number of ether oxygens (including phenoxy) is 1. The van der Waals surface area contributed by atoms with E-state index in [9.17, 15) is 4.79 Å². The lowest BCUT2D eigenvalue weighted by atomic mass is 10.2. The summed E-state index contributed by atoms with van der Waals surface area (Å²) in [7, 11) is 3.54. The lowest BCUT2D eigenvalue weighted by Gasteiger charge is -2.18.